The van der Waals surface area contributed by atoms with Gasteiger partial charge in [-0.1, -0.05) is 0 Å². The quantitative estimate of drug-likeness (QED) is 0.670. The second-order valence-electron chi connectivity index (χ2n) is 2.70. The molecule has 2 aromatic rings. The lowest BCUT2D eigenvalue weighted by Gasteiger charge is -1.67. The van der Waals surface area contributed by atoms with Crippen molar-refractivity contribution in [3.8, 4) is 0 Å². The van der Waals surface area contributed by atoms with Crippen LogP contribution in [0.4, 0.5) is 0 Å². The Kier molecular flexibility index (Phi) is 4.05. The van der Waals surface area contributed by atoms with E-state index in [1.165, 1.54) is 21.3 Å². The zero-order valence-electron chi connectivity index (χ0n) is 7.94. The molecule has 0 radical (unpaired) electrons. The van der Waals surface area contributed by atoms with Gasteiger partial charge in [-0.05, 0) is 56.0 Å². The number of nitrogens with zero attached hydrogens (tertiary/aromatic N) is 2. The van der Waals surface area contributed by atoms with E-state index in [1.807, 2.05) is 19.9 Å². The molecular weight excluding hydrogens is 200 g/mol. The van der Waals surface area contributed by atoms with Gasteiger partial charge in [-0.3, -0.25) is 0 Å². The highest BCUT2D eigenvalue weighted by Gasteiger charge is 1.86. The first kappa shape index (κ1) is 10.3. The highest BCUT2D eigenvalue weighted by atomic mass is 32.1. The molecule has 0 unspecified atom stereocenters. The van der Waals surface area contributed by atoms with Gasteiger partial charge >= 0.3 is 0 Å². The Labute approximate surface area is 86.6 Å². The molecule has 0 fully saturated rings. The molecular formula is C9H12N2S2. The second kappa shape index (κ2) is 5.09. The van der Waals surface area contributed by atoms with Gasteiger partial charge in [0.1, 0.15) is 0 Å². The summed E-state index contributed by atoms with van der Waals surface area (Å²) < 4.78 is 7.92. The highest BCUT2D eigenvalue weighted by Crippen LogP contribution is 2.04. The maximum absolute atomic E-state index is 4.06. The summed E-state index contributed by atoms with van der Waals surface area (Å²) in [7, 11) is 0. The molecule has 13 heavy (non-hydrogen) atoms. The van der Waals surface area contributed by atoms with Crippen LogP contribution in [0.15, 0.2) is 18.3 Å². The third-order valence-corrected chi connectivity index (χ3v) is 2.75. The van der Waals surface area contributed by atoms with E-state index in [0.29, 0.717) is 0 Å². The van der Waals surface area contributed by atoms with Gasteiger partial charge in [0, 0.05) is 16.0 Å². The van der Waals surface area contributed by atoms with Crippen LogP contribution in [0, 0.1) is 20.8 Å². The third-order valence-electron chi connectivity index (χ3n) is 1.31. The van der Waals surface area contributed by atoms with Gasteiger partial charge in [-0.2, -0.15) is 4.37 Å². The lowest BCUT2D eigenvalue weighted by Crippen LogP contribution is -1.58. The van der Waals surface area contributed by atoms with Crippen molar-refractivity contribution in [3.05, 3.63) is 33.8 Å². The van der Waals surface area contributed by atoms with Crippen molar-refractivity contribution in [2.45, 2.75) is 20.8 Å². The Morgan fingerprint density at radius 2 is 1.85 bits per heavy atom. The summed E-state index contributed by atoms with van der Waals surface area (Å²) in [6.45, 7) is 6.10. The maximum atomic E-state index is 4.06. The van der Waals surface area contributed by atoms with E-state index in [-0.39, 0.29) is 0 Å². The van der Waals surface area contributed by atoms with Crippen molar-refractivity contribution in [1.82, 2.24) is 8.75 Å². The fraction of sp³-hybridized carbons (Fsp3) is 0.333. The van der Waals surface area contributed by atoms with Gasteiger partial charge in [-0.25, -0.2) is 4.37 Å². The Hall–Kier alpha value is -0.740. The van der Waals surface area contributed by atoms with Crippen molar-refractivity contribution in [2.24, 2.45) is 0 Å². The molecule has 0 spiro atoms. The van der Waals surface area contributed by atoms with Crippen LogP contribution in [-0.2, 0) is 0 Å². The zero-order chi connectivity index (χ0) is 9.68. The summed E-state index contributed by atoms with van der Waals surface area (Å²) in [5, 5.41) is 0. The number of rotatable bonds is 0. The van der Waals surface area contributed by atoms with Crippen LogP contribution in [0.25, 0.3) is 0 Å². The minimum absolute atomic E-state index is 1.13. The number of aryl methyl sites for hydroxylation is 3. The summed E-state index contributed by atoms with van der Waals surface area (Å²) in [5.41, 5.74) is 1.13. The maximum Gasteiger partial charge on any atom is 0.0514 e. The first-order valence-electron chi connectivity index (χ1n) is 3.95. The number of hydrogen-bond donors (Lipinski definition) is 0. The molecule has 0 aromatic carbocycles. The highest BCUT2D eigenvalue weighted by molar-refractivity contribution is 7.05. The van der Waals surface area contributed by atoms with Crippen LogP contribution < -0.4 is 0 Å². The Bertz CT molecular complexity index is 322. The van der Waals surface area contributed by atoms with Gasteiger partial charge < -0.3 is 0 Å². The summed E-state index contributed by atoms with van der Waals surface area (Å²) in [4.78, 5) is 2.56. The van der Waals surface area contributed by atoms with Crippen molar-refractivity contribution >= 4 is 23.1 Å². The van der Waals surface area contributed by atoms with Gasteiger partial charge in [-0.15, -0.1) is 0 Å². The van der Waals surface area contributed by atoms with E-state index in [4.69, 9.17) is 0 Å². The summed E-state index contributed by atoms with van der Waals surface area (Å²) in [6.07, 6.45) is 1.81. The molecule has 0 amide bonds. The first-order valence-corrected chi connectivity index (χ1v) is 5.50. The molecule has 2 rings (SSSR count). The van der Waals surface area contributed by atoms with Gasteiger partial charge in [0.05, 0.1) is 5.69 Å². The molecule has 0 saturated carbocycles. The monoisotopic (exact) mass is 212 g/mol. The van der Waals surface area contributed by atoms with Crippen LogP contribution in [0.1, 0.15) is 15.4 Å². The van der Waals surface area contributed by atoms with E-state index in [0.717, 1.165) is 5.69 Å². The SMILES string of the molecule is Cc1cc(C)sn1.Cc1ccns1. The predicted molar refractivity (Wildman–Crippen MR) is 58.4 cm³/mol. The van der Waals surface area contributed by atoms with Gasteiger partial charge in [0.25, 0.3) is 0 Å². The second-order valence-corrected chi connectivity index (χ2v) is 4.75. The molecule has 4 heteroatoms. The summed E-state index contributed by atoms with van der Waals surface area (Å²) in [6, 6.07) is 4.06. The molecule has 0 saturated heterocycles. The van der Waals surface area contributed by atoms with Crippen LogP contribution >= 0.6 is 23.1 Å². The van der Waals surface area contributed by atoms with Crippen molar-refractivity contribution in [1.29, 1.82) is 0 Å². The number of aromatic nitrogens is 2. The van der Waals surface area contributed by atoms with E-state index in [9.17, 15) is 0 Å². The predicted octanol–water partition coefficient (Wildman–Crippen LogP) is 3.21. The Morgan fingerprint density at radius 1 is 1.08 bits per heavy atom. The van der Waals surface area contributed by atoms with Gasteiger partial charge in [0.15, 0.2) is 0 Å². The lowest BCUT2D eigenvalue weighted by atomic mass is 10.4. The topological polar surface area (TPSA) is 25.8 Å². The van der Waals surface area contributed by atoms with Crippen molar-refractivity contribution < 1.29 is 0 Å². The summed E-state index contributed by atoms with van der Waals surface area (Å²) in [5.74, 6) is 0. The summed E-state index contributed by atoms with van der Waals surface area (Å²) >= 11 is 3.08. The van der Waals surface area contributed by atoms with E-state index in [1.54, 1.807) is 17.7 Å². The van der Waals surface area contributed by atoms with E-state index >= 15 is 0 Å². The fourth-order valence-electron chi connectivity index (χ4n) is 0.770. The number of hydrogen-bond acceptors (Lipinski definition) is 4. The average molecular weight is 212 g/mol. The smallest absolute Gasteiger partial charge is 0.0514 e. The molecule has 0 bridgehead atoms. The molecule has 2 aromatic heterocycles. The Balaban J connectivity index is 0.000000132. The van der Waals surface area contributed by atoms with Crippen molar-refractivity contribution in [2.75, 3.05) is 0 Å². The first-order chi connectivity index (χ1) is 6.18. The minimum atomic E-state index is 1.13. The standard InChI is InChI=1S/C5H7NS.C4H5NS/c1-4-3-5(2)7-6-4;1-4-2-3-5-6-4/h3H,1-2H3;2-3H,1H3. The molecule has 0 atom stereocenters. The molecule has 70 valence electrons. The third kappa shape index (κ3) is 4.15. The molecule has 0 aliphatic heterocycles. The molecule has 0 aliphatic carbocycles. The van der Waals surface area contributed by atoms with Crippen LogP contribution in [0.2, 0.25) is 0 Å². The molecule has 2 heterocycles. The average Bonchev–Trinajstić information content (AvgIpc) is 2.64. The van der Waals surface area contributed by atoms with Crippen LogP contribution in [-0.4, -0.2) is 8.75 Å². The van der Waals surface area contributed by atoms with E-state index in [2.05, 4.69) is 21.7 Å². The fourth-order valence-corrected chi connectivity index (χ4v) is 1.74. The van der Waals surface area contributed by atoms with Gasteiger partial charge in [0.2, 0.25) is 0 Å². The van der Waals surface area contributed by atoms with E-state index < -0.39 is 0 Å². The zero-order valence-corrected chi connectivity index (χ0v) is 9.58. The van der Waals surface area contributed by atoms with Crippen LogP contribution in [0.5, 0.6) is 0 Å². The normalized spacial score (nSPS) is 9.15. The molecule has 2 nitrogen and oxygen atoms in total. The molecule has 0 N–H and O–H groups in total. The lowest BCUT2D eigenvalue weighted by molar-refractivity contribution is 1.34. The minimum Gasteiger partial charge on any atom is -0.201 e. The Morgan fingerprint density at radius 3 is 2.00 bits per heavy atom. The van der Waals surface area contributed by atoms with Crippen molar-refractivity contribution in [3.63, 3.8) is 0 Å². The van der Waals surface area contributed by atoms with Crippen LogP contribution in [0.3, 0.4) is 0 Å². The molecule has 0 aliphatic rings. The largest absolute Gasteiger partial charge is 0.201 e.